The molecule has 1 saturated heterocycles. The van der Waals surface area contributed by atoms with Crippen LogP contribution in [0.3, 0.4) is 0 Å². The first kappa shape index (κ1) is 23.0. The van der Waals surface area contributed by atoms with Crippen molar-refractivity contribution in [3.05, 3.63) is 69.9 Å². The number of halogens is 1. The van der Waals surface area contributed by atoms with E-state index < -0.39 is 0 Å². The van der Waals surface area contributed by atoms with Crippen molar-refractivity contribution in [2.45, 2.75) is 58.0 Å². The first-order valence-electron chi connectivity index (χ1n) is 11.0. The maximum Gasteiger partial charge on any atom is 0.163 e. The summed E-state index contributed by atoms with van der Waals surface area (Å²) in [6, 6.07) is 15.3. The Morgan fingerprint density at radius 2 is 1.78 bits per heavy atom. The van der Waals surface area contributed by atoms with E-state index in [2.05, 4.69) is 44.5 Å². The zero-order chi connectivity index (χ0) is 22.9. The van der Waals surface area contributed by atoms with Crippen molar-refractivity contribution < 1.29 is 9.53 Å². The number of carbonyl (C=O) groups is 1. The maximum atomic E-state index is 13.0. The van der Waals surface area contributed by atoms with Crippen molar-refractivity contribution in [3.63, 3.8) is 0 Å². The lowest BCUT2D eigenvalue weighted by molar-refractivity contribution is 0.0864. The molecule has 0 atom stereocenters. The van der Waals surface area contributed by atoms with E-state index in [0.717, 1.165) is 29.7 Å². The molecule has 4 rings (SSSR count). The Balaban J connectivity index is 1.49. The molecule has 0 saturated carbocycles. The molecule has 3 aromatic rings. The fourth-order valence-corrected chi connectivity index (χ4v) is 6.02. The van der Waals surface area contributed by atoms with E-state index in [4.69, 9.17) is 16.3 Å². The van der Waals surface area contributed by atoms with Crippen molar-refractivity contribution in [2.75, 3.05) is 0 Å². The topological polar surface area (TPSA) is 38.3 Å². The van der Waals surface area contributed by atoms with Gasteiger partial charge in [0.15, 0.2) is 5.78 Å². The zero-order valence-corrected chi connectivity index (χ0v) is 20.6. The van der Waals surface area contributed by atoms with Crippen LogP contribution in [0, 0.1) is 5.92 Å². The Morgan fingerprint density at radius 1 is 1.06 bits per heavy atom. The van der Waals surface area contributed by atoms with Crippen molar-refractivity contribution in [1.82, 2.24) is 5.32 Å². The minimum atomic E-state index is 0.0257. The Morgan fingerprint density at radius 3 is 2.44 bits per heavy atom. The van der Waals surface area contributed by atoms with Crippen molar-refractivity contribution in [3.8, 4) is 22.6 Å². The number of nitrogens with one attached hydrogen (secondary N) is 1. The molecule has 1 fully saturated rings. The molecule has 0 bridgehead atoms. The lowest BCUT2D eigenvalue weighted by atomic mass is 9.74. The molecule has 1 aliphatic rings. The Kier molecular flexibility index (Phi) is 6.49. The highest BCUT2D eigenvalue weighted by Gasteiger charge is 2.38. The minimum absolute atomic E-state index is 0.0257. The molecule has 2 aromatic carbocycles. The monoisotopic (exact) mass is 467 g/mol. The van der Waals surface area contributed by atoms with Crippen LogP contribution in [0.5, 0.6) is 11.5 Å². The van der Waals surface area contributed by atoms with Crippen LogP contribution in [0.25, 0.3) is 11.1 Å². The molecule has 1 aromatic heterocycles. The highest BCUT2D eigenvalue weighted by Crippen LogP contribution is 2.38. The first-order valence-corrected chi connectivity index (χ1v) is 12.4. The molecule has 0 spiro atoms. The SMILES string of the molecule is CC1(C)CC(CC(=O)c2ccc(Oc3ccccc3-c3ccsc3)c(Cl)c2)CC(C)(C)N1. The molecule has 5 heteroatoms. The highest BCUT2D eigenvalue weighted by atomic mass is 35.5. The number of thiophene rings is 1. The average Bonchev–Trinajstić information content (AvgIpc) is 3.22. The van der Waals surface area contributed by atoms with Crippen LogP contribution < -0.4 is 10.1 Å². The van der Waals surface area contributed by atoms with E-state index in [-0.39, 0.29) is 16.9 Å². The summed E-state index contributed by atoms with van der Waals surface area (Å²) in [4.78, 5) is 13.0. The zero-order valence-electron chi connectivity index (χ0n) is 19.1. The minimum Gasteiger partial charge on any atom is -0.455 e. The standard InChI is InChI=1S/C27H30ClNO2S/c1-26(2)15-18(16-27(3,4)29-26)13-23(30)19-9-10-25(22(28)14-19)31-24-8-6-5-7-21(24)20-11-12-32-17-20/h5-12,14,17-18,29H,13,15-16H2,1-4H3. The molecular weight excluding hydrogens is 438 g/mol. The normalized spacial score (nSPS) is 17.8. The largest absolute Gasteiger partial charge is 0.455 e. The van der Waals surface area contributed by atoms with Gasteiger partial charge >= 0.3 is 0 Å². The summed E-state index contributed by atoms with van der Waals surface area (Å²) in [6.45, 7) is 8.84. The third-order valence-electron chi connectivity index (χ3n) is 5.94. The van der Waals surface area contributed by atoms with Gasteiger partial charge in [0.2, 0.25) is 0 Å². The van der Waals surface area contributed by atoms with E-state index in [0.29, 0.717) is 28.7 Å². The van der Waals surface area contributed by atoms with Gasteiger partial charge in [-0.05, 0) is 93.1 Å². The summed E-state index contributed by atoms with van der Waals surface area (Å²) in [5, 5.41) is 8.27. The third-order valence-corrected chi connectivity index (χ3v) is 6.92. The second-order valence-electron chi connectivity index (χ2n) is 10.0. The van der Waals surface area contributed by atoms with Gasteiger partial charge in [0, 0.05) is 28.6 Å². The molecule has 2 heterocycles. The molecule has 3 nitrogen and oxygen atoms in total. The molecule has 0 radical (unpaired) electrons. The molecule has 168 valence electrons. The number of carbonyl (C=O) groups excluding carboxylic acids is 1. The van der Waals surface area contributed by atoms with E-state index in [9.17, 15) is 4.79 Å². The lowest BCUT2D eigenvalue weighted by Crippen LogP contribution is -2.57. The van der Waals surface area contributed by atoms with Crippen molar-refractivity contribution in [2.24, 2.45) is 5.92 Å². The number of ether oxygens (including phenoxy) is 1. The predicted octanol–water partition coefficient (Wildman–Crippen LogP) is 7.99. The van der Waals surface area contributed by atoms with Gasteiger partial charge in [0.1, 0.15) is 11.5 Å². The predicted molar refractivity (Wildman–Crippen MR) is 134 cm³/mol. The fourth-order valence-electron chi connectivity index (χ4n) is 5.15. The fraction of sp³-hybridized carbons (Fsp3) is 0.370. The quantitative estimate of drug-likeness (QED) is 0.373. The van der Waals surface area contributed by atoms with Gasteiger partial charge in [0.25, 0.3) is 0 Å². The van der Waals surface area contributed by atoms with Crippen LogP contribution in [-0.2, 0) is 0 Å². The molecule has 0 unspecified atom stereocenters. The molecule has 0 amide bonds. The molecule has 32 heavy (non-hydrogen) atoms. The number of rotatable bonds is 6. The number of para-hydroxylation sites is 1. The van der Waals surface area contributed by atoms with E-state index in [1.807, 2.05) is 35.7 Å². The van der Waals surface area contributed by atoms with Gasteiger partial charge in [-0.15, -0.1) is 0 Å². The number of benzene rings is 2. The number of ketones is 1. The van der Waals surface area contributed by atoms with E-state index >= 15 is 0 Å². The second kappa shape index (κ2) is 9.01. The molecule has 1 aliphatic heterocycles. The van der Waals surface area contributed by atoms with Crippen LogP contribution in [0.1, 0.15) is 57.3 Å². The summed E-state index contributed by atoms with van der Waals surface area (Å²) < 4.78 is 6.16. The number of hydrogen-bond donors (Lipinski definition) is 1. The Labute approximate surface area is 199 Å². The molecule has 1 N–H and O–H groups in total. The first-order chi connectivity index (χ1) is 15.1. The molecular formula is C27H30ClNO2S. The van der Waals surface area contributed by atoms with Crippen LogP contribution in [-0.4, -0.2) is 16.9 Å². The van der Waals surface area contributed by atoms with Gasteiger partial charge in [-0.3, -0.25) is 4.79 Å². The van der Waals surface area contributed by atoms with Crippen LogP contribution in [0.2, 0.25) is 5.02 Å². The number of hydrogen-bond acceptors (Lipinski definition) is 4. The van der Waals surface area contributed by atoms with Crippen LogP contribution in [0.4, 0.5) is 0 Å². The number of Topliss-reactive ketones (excluding diaryl/α,β-unsaturated/α-hetero) is 1. The lowest BCUT2D eigenvalue weighted by Gasteiger charge is -2.46. The van der Waals surface area contributed by atoms with Gasteiger partial charge in [-0.2, -0.15) is 11.3 Å². The van der Waals surface area contributed by atoms with Gasteiger partial charge < -0.3 is 10.1 Å². The van der Waals surface area contributed by atoms with Crippen molar-refractivity contribution in [1.29, 1.82) is 0 Å². The second-order valence-corrected chi connectivity index (χ2v) is 11.2. The summed E-state index contributed by atoms with van der Waals surface area (Å²) in [5.74, 6) is 1.78. The highest BCUT2D eigenvalue weighted by molar-refractivity contribution is 7.08. The van der Waals surface area contributed by atoms with Gasteiger partial charge in [0.05, 0.1) is 5.02 Å². The van der Waals surface area contributed by atoms with Crippen LogP contribution >= 0.6 is 22.9 Å². The maximum absolute atomic E-state index is 13.0. The summed E-state index contributed by atoms with van der Waals surface area (Å²) >= 11 is 8.20. The smallest absolute Gasteiger partial charge is 0.163 e. The van der Waals surface area contributed by atoms with Gasteiger partial charge in [-0.1, -0.05) is 29.8 Å². The van der Waals surface area contributed by atoms with Gasteiger partial charge in [-0.25, -0.2) is 0 Å². The third kappa shape index (κ3) is 5.43. The van der Waals surface area contributed by atoms with Crippen molar-refractivity contribution >= 4 is 28.7 Å². The van der Waals surface area contributed by atoms with Crippen LogP contribution in [0.15, 0.2) is 59.3 Å². The number of piperidine rings is 1. The van der Waals surface area contributed by atoms with E-state index in [1.165, 1.54) is 0 Å². The molecule has 0 aliphatic carbocycles. The Bertz CT molecular complexity index is 1090. The average molecular weight is 468 g/mol. The summed E-state index contributed by atoms with van der Waals surface area (Å²) in [5.41, 5.74) is 2.82. The summed E-state index contributed by atoms with van der Waals surface area (Å²) in [7, 11) is 0. The Hall–Kier alpha value is -2.14. The summed E-state index contributed by atoms with van der Waals surface area (Å²) in [6.07, 6.45) is 2.50. The van der Waals surface area contributed by atoms with E-state index in [1.54, 1.807) is 23.5 Å².